The first-order chi connectivity index (χ1) is 5.75. The van der Waals surface area contributed by atoms with E-state index in [1.807, 2.05) is 5.38 Å². The Morgan fingerprint density at radius 1 is 1.33 bits per heavy atom. The van der Waals surface area contributed by atoms with E-state index in [-0.39, 0.29) is 5.82 Å². The zero-order chi connectivity index (χ0) is 8.55. The number of anilines is 1. The first kappa shape index (κ1) is 7.70. The minimum absolute atomic E-state index is 0.221. The van der Waals surface area contributed by atoms with Crippen LogP contribution in [0.1, 0.15) is 0 Å². The number of nitrogen functional groups attached to an aromatic ring is 1. The molecule has 0 saturated heterocycles. The van der Waals surface area contributed by atoms with Gasteiger partial charge in [-0.3, -0.25) is 0 Å². The van der Waals surface area contributed by atoms with Gasteiger partial charge in [-0.1, -0.05) is 0 Å². The Morgan fingerprint density at radius 2 is 2.17 bits per heavy atom. The molecule has 2 nitrogen and oxygen atoms in total. The Morgan fingerprint density at radius 3 is 2.67 bits per heavy atom. The number of nitrogens with two attached hydrogens (primary N) is 1. The fourth-order valence-corrected chi connectivity index (χ4v) is 2.20. The van der Waals surface area contributed by atoms with Crippen LogP contribution in [0.15, 0.2) is 16.8 Å². The lowest BCUT2D eigenvalue weighted by Gasteiger charge is -1.84. The van der Waals surface area contributed by atoms with Crippen molar-refractivity contribution in [2.24, 2.45) is 0 Å². The summed E-state index contributed by atoms with van der Waals surface area (Å²) in [4.78, 5) is 4.85. The van der Waals surface area contributed by atoms with Crippen molar-refractivity contribution in [3.05, 3.63) is 22.6 Å². The van der Waals surface area contributed by atoms with E-state index in [0.29, 0.717) is 5.13 Å². The smallest absolute Gasteiger partial charge is 0.180 e. The van der Waals surface area contributed by atoms with Crippen LogP contribution in [0, 0.1) is 5.82 Å². The molecule has 62 valence electrons. The third-order valence-corrected chi connectivity index (χ3v) is 2.94. The second-order valence-corrected chi connectivity index (χ2v) is 4.00. The van der Waals surface area contributed by atoms with Crippen LogP contribution in [-0.4, -0.2) is 4.98 Å². The summed E-state index contributed by atoms with van der Waals surface area (Å²) < 4.78 is 12.6. The predicted octanol–water partition coefficient (Wildman–Crippen LogP) is 2.59. The molecule has 5 heteroatoms. The first-order valence-corrected chi connectivity index (χ1v) is 4.97. The molecule has 0 fully saturated rings. The van der Waals surface area contributed by atoms with Gasteiger partial charge in [-0.2, -0.15) is 0 Å². The van der Waals surface area contributed by atoms with Crippen molar-refractivity contribution >= 4 is 27.8 Å². The third-order valence-electron chi connectivity index (χ3n) is 1.34. The fraction of sp³-hybridized carbons (Fsp3) is 0. The average molecular weight is 200 g/mol. The molecule has 2 N–H and O–H groups in total. The van der Waals surface area contributed by atoms with Crippen LogP contribution in [0.4, 0.5) is 9.52 Å². The molecule has 0 aliphatic carbocycles. The minimum Gasteiger partial charge on any atom is -0.375 e. The maximum atomic E-state index is 12.6. The maximum Gasteiger partial charge on any atom is 0.180 e. The highest BCUT2D eigenvalue weighted by atomic mass is 32.1. The zero-order valence-electron chi connectivity index (χ0n) is 5.95. The van der Waals surface area contributed by atoms with E-state index in [4.69, 9.17) is 5.73 Å². The SMILES string of the molecule is Nc1nc(-c2cc(F)cs2)cs1. The molecule has 0 spiro atoms. The van der Waals surface area contributed by atoms with Gasteiger partial charge >= 0.3 is 0 Å². The summed E-state index contributed by atoms with van der Waals surface area (Å²) in [5, 5.41) is 3.78. The lowest BCUT2D eigenvalue weighted by atomic mass is 10.4. The lowest BCUT2D eigenvalue weighted by molar-refractivity contribution is 0.633. The molecule has 0 atom stereocenters. The van der Waals surface area contributed by atoms with E-state index in [1.54, 1.807) is 0 Å². The van der Waals surface area contributed by atoms with Crippen LogP contribution >= 0.6 is 22.7 Å². The number of thiophene rings is 1. The van der Waals surface area contributed by atoms with Crippen LogP contribution in [0.3, 0.4) is 0 Å². The number of nitrogens with zero attached hydrogens (tertiary/aromatic N) is 1. The second-order valence-electron chi connectivity index (χ2n) is 2.20. The van der Waals surface area contributed by atoms with Gasteiger partial charge in [0.25, 0.3) is 0 Å². The van der Waals surface area contributed by atoms with Crippen LogP contribution in [0.25, 0.3) is 10.6 Å². The Bertz CT molecular complexity index is 355. The van der Waals surface area contributed by atoms with Gasteiger partial charge in [0.15, 0.2) is 5.13 Å². The van der Waals surface area contributed by atoms with Gasteiger partial charge in [-0.05, 0) is 6.07 Å². The molecule has 0 bridgehead atoms. The fourth-order valence-electron chi connectivity index (χ4n) is 0.848. The molecule has 2 aromatic heterocycles. The molecule has 0 amide bonds. The molecule has 0 radical (unpaired) electrons. The Kier molecular flexibility index (Phi) is 1.82. The van der Waals surface area contributed by atoms with Crippen LogP contribution < -0.4 is 5.73 Å². The Balaban J connectivity index is 2.43. The van der Waals surface area contributed by atoms with E-state index in [2.05, 4.69) is 4.98 Å². The molecular formula is C7H5FN2S2. The average Bonchev–Trinajstić information content (AvgIpc) is 2.58. The summed E-state index contributed by atoms with van der Waals surface area (Å²) in [5.41, 5.74) is 6.20. The van der Waals surface area contributed by atoms with Crippen molar-refractivity contribution < 1.29 is 4.39 Å². The Hall–Kier alpha value is -0.940. The van der Waals surface area contributed by atoms with Crippen molar-refractivity contribution in [3.8, 4) is 10.6 Å². The van der Waals surface area contributed by atoms with Crippen molar-refractivity contribution in [2.45, 2.75) is 0 Å². The van der Waals surface area contributed by atoms with Gasteiger partial charge in [-0.25, -0.2) is 9.37 Å². The highest BCUT2D eigenvalue weighted by Crippen LogP contribution is 2.28. The highest BCUT2D eigenvalue weighted by molar-refractivity contribution is 7.15. The maximum absolute atomic E-state index is 12.6. The molecular weight excluding hydrogens is 195 g/mol. The first-order valence-electron chi connectivity index (χ1n) is 3.21. The van der Waals surface area contributed by atoms with E-state index >= 15 is 0 Å². The van der Waals surface area contributed by atoms with Crippen molar-refractivity contribution in [3.63, 3.8) is 0 Å². The second kappa shape index (κ2) is 2.84. The number of thiazole rings is 1. The molecule has 0 saturated carbocycles. The van der Waals surface area contributed by atoms with E-state index in [1.165, 1.54) is 34.1 Å². The molecule has 0 aromatic carbocycles. The standard InChI is InChI=1S/C7H5FN2S2/c8-4-1-6(11-2-4)5-3-12-7(9)10-5/h1-3H,(H2,9,10). The van der Waals surface area contributed by atoms with Crippen LogP contribution in [-0.2, 0) is 0 Å². The summed E-state index contributed by atoms with van der Waals surface area (Å²) in [7, 11) is 0. The third kappa shape index (κ3) is 1.33. The molecule has 12 heavy (non-hydrogen) atoms. The van der Waals surface area contributed by atoms with Gasteiger partial charge < -0.3 is 5.73 Å². The van der Waals surface area contributed by atoms with Gasteiger partial charge in [0.2, 0.25) is 0 Å². The van der Waals surface area contributed by atoms with E-state index in [9.17, 15) is 4.39 Å². The van der Waals surface area contributed by atoms with Gasteiger partial charge in [0, 0.05) is 10.8 Å². The number of rotatable bonds is 1. The molecule has 2 aromatic rings. The van der Waals surface area contributed by atoms with E-state index in [0.717, 1.165) is 10.6 Å². The summed E-state index contributed by atoms with van der Waals surface area (Å²) in [6.45, 7) is 0. The zero-order valence-corrected chi connectivity index (χ0v) is 7.58. The van der Waals surface area contributed by atoms with Gasteiger partial charge in [0.1, 0.15) is 5.82 Å². The summed E-state index contributed by atoms with van der Waals surface area (Å²) in [6, 6.07) is 1.46. The highest BCUT2D eigenvalue weighted by Gasteiger charge is 2.05. The van der Waals surface area contributed by atoms with Gasteiger partial charge in [0.05, 0.1) is 10.6 Å². The van der Waals surface area contributed by atoms with Crippen molar-refractivity contribution in [2.75, 3.05) is 5.73 Å². The molecule has 0 aliphatic rings. The number of hydrogen-bond acceptors (Lipinski definition) is 4. The Labute approximate surface area is 76.5 Å². The quantitative estimate of drug-likeness (QED) is 0.768. The minimum atomic E-state index is -0.221. The van der Waals surface area contributed by atoms with Crippen molar-refractivity contribution in [1.82, 2.24) is 4.98 Å². The topological polar surface area (TPSA) is 38.9 Å². The molecule has 2 heterocycles. The molecule has 2 rings (SSSR count). The number of hydrogen-bond donors (Lipinski definition) is 1. The normalized spacial score (nSPS) is 10.4. The molecule has 0 aliphatic heterocycles. The van der Waals surface area contributed by atoms with Gasteiger partial charge in [-0.15, -0.1) is 22.7 Å². The number of halogens is 1. The number of aromatic nitrogens is 1. The summed E-state index contributed by atoms with van der Waals surface area (Å²) in [6.07, 6.45) is 0. The lowest BCUT2D eigenvalue weighted by Crippen LogP contribution is -1.80. The van der Waals surface area contributed by atoms with Crippen LogP contribution in [0.5, 0.6) is 0 Å². The summed E-state index contributed by atoms with van der Waals surface area (Å²) >= 11 is 2.69. The van der Waals surface area contributed by atoms with E-state index < -0.39 is 0 Å². The monoisotopic (exact) mass is 200 g/mol. The van der Waals surface area contributed by atoms with Crippen molar-refractivity contribution in [1.29, 1.82) is 0 Å². The molecule has 0 unspecified atom stereocenters. The predicted molar refractivity (Wildman–Crippen MR) is 49.8 cm³/mol. The van der Waals surface area contributed by atoms with Crippen LogP contribution in [0.2, 0.25) is 0 Å². The largest absolute Gasteiger partial charge is 0.375 e. The summed E-state index contributed by atoms with van der Waals surface area (Å²) in [5.74, 6) is -0.221.